The van der Waals surface area contributed by atoms with Crippen LogP contribution in [0.15, 0.2) is 70.9 Å². The van der Waals surface area contributed by atoms with E-state index in [1.807, 2.05) is 36.4 Å². The van der Waals surface area contributed by atoms with Gasteiger partial charge in [0.2, 0.25) is 0 Å². The molecule has 0 bridgehead atoms. The maximum absolute atomic E-state index is 13.3. The summed E-state index contributed by atoms with van der Waals surface area (Å²) in [5.41, 5.74) is 3.70. The molecule has 1 amide bonds. The summed E-state index contributed by atoms with van der Waals surface area (Å²) in [6.45, 7) is 0.0985. The zero-order valence-electron chi connectivity index (χ0n) is 18.4. The van der Waals surface area contributed by atoms with Gasteiger partial charge in [-0.05, 0) is 61.1 Å². The van der Waals surface area contributed by atoms with Crippen LogP contribution in [0.2, 0.25) is 0 Å². The molecule has 1 saturated heterocycles. The summed E-state index contributed by atoms with van der Waals surface area (Å²) in [5, 5.41) is 11.4. The molecule has 2 heterocycles. The van der Waals surface area contributed by atoms with Crippen LogP contribution in [0.1, 0.15) is 46.9 Å². The van der Waals surface area contributed by atoms with Crippen LogP contribution in [-0.2, 0) is 29.0 Å². The number of amides is 1. The Balaban J connectivity index is 1.66. The second-order valence-electron chi connectivity index (χ2n) is 8.44. The Morgan fingerprint density at radius 2 is 1.85 bits per heavy atom. The first-order valence-electron chi connectivity index (χ1n) is 11.1. The summed E-state index contributed by atoms with van der Waals surface area (Å²) in [6.07, 6.45) is 5.75. The van der Waals surface area contributed by atoms with Crippen molar-refractivity contribution in [3.05, 3.63) is 94.4 Å². The van der Waals surface area contributed by atoms with E-state index >= 15 is 0 Å². The van der Waals surface area contributed by atoms with E-state index in [2.05, 4.69) is 0 Å². The minimum Gasteiger partial charge on any atom is -0.507 e. The van der Waals surface area contributed by atoms with Crippen molar-refractivity contribution in [2.45, 2.75) is 38.3 Å². The Bertz CT molecular complexity index is 1240. The molecule has 3 aromatic rings. The number of Topliss-reactive ketones (excluding diaryl/α,β-unsaturated/α-hetero) is 1. The van der Waals surface area contributed by atoms with E-state index in [-0.39, 0.29) is 17.9 Å². The number of aryl methyl sites for hydroxylation is 2. The molecule has 1 N–H and O–H groups in total. The number of carbonyl (C=O) groups is 2. The Kier molecular flexibility index (Phi) is 5.50. The van der Waals surface area contributed by atoms with E-state index in [9.17, 15) is 14.7 Å². The van der Waals surface area contributed by atoms with Crippen LogP contribution < -0.4 is 4.74 Å². The van der Waals surface area contributed by atoms with Gasteiger partial charge < -0.3 is 19.2 Å². The van der Waals surface area contributed by atoms with E-state index in [1.54, 1.807) is 25.3 Å². The molecule has 1 fully saturated rings. The number of hydrogen-bond donors (Lipinski definition) is 1. The molecule has 0 spiro atoms. The van der Waals surface area contributed by atoms with E-state index < -0.39 is 17.7 Å². The molecule has 1 aliphatic heterocycles. The number of para-hydroxylation sites is 1. The first kappa shape index (κ1) is 21.1. The van der Waals surface area contributed by atoms with Gasteiger partial charge in [-0.3, -0.25) is 9.59 Å². The van der Waals surface area contributed by atoms with Gasteiger partial charge in [-0.2, -0.15) is 0 Å². The van der Waals surface area contributed by atoms with Crippen molar-refractivity contribution in [3.8, 4) is 5.75 Å². The number of likely N-dealkylation sites (tertiary alicyclic amines) is 1. The Hall–Kier alpha value is -3.80. The maximum atomic E-state index is 13.3. The van der Waals surface area contributed by atoms with Crippen LogP contribution in [0, 0.1) is 0 Å². The normalized spacial score (nSPS) is 19.5. The quantitative estimate of drug-likeness (QED) is 0.348. The van der Waals surface area contributed by atoms with Crippen LogP contribution in [0.5, 0.6) is 5.75 Å². The van der Waals surface area contributed by atoms with Gasteiger partial charge in [0.15, 0.2) is 0 Å². The van der Waals surface area contributed by atoms with Gasteiger partial charge in [0.05, 0.1) is 31.5 Å². The minimum absolute atomic E-state index is 0.0619. The summed E-state index contributed by atoms with van der Waals surface area (Å²) in [5.74, 6) is -0.482. The van der Waals surface area contributed by atoms with E-state index in [4.69, 9.17) is 9.15 Å². The number of ether oxygens (including phenoxy) is 1. The number of ketones is 1. The van der Waals surface area contributed by atoms with Gasteiger partial charge in [0, 0.05) is 11.1 Å². The highest BCUT2D eigenvalue weighted by Gasteiger charge is 2.47. The van der Waals surface area contributed by atoms with E-state index in [1.165, 1.54) is 22.3 Å². The van der Waals surface area contributed by atoms with E-state index in [0.717, 1.165) is 25.7 Å². The SMILES string of the molecule is COc1ccccc1C1/C(=C(\O)c2ccc3c(c2)CCCC3)C(=O)C(=O)N1Cc1ccco1. The van der Waals surface area contributed by atoms with Crippen molar-refractivity contribution >= 4 is 17.4 Å². The van der Waals surface area contributed by atoms with Gasteiger partial charge >= 0.3 is 0 Å². The standard InChI is InChI=1S/C27H25NO5/c1-32-22-11-5-4-10-21(22)24-23(26(30)27(31)28(24)16-20-9-6-14-33-20)25(29)19-13-12-17-7-2-3-8-18(17)15-19/h4-6,9-15,24,29H,2-3,7-8,16H2,1H3/b25-23+. The molecule has 2 aromatic carbocycles. The van der Waals surface area contributed by atoms with Crippen molar-refractivity contribution in [1.82, 2.24) is 4.90 Å². The van der Waals surface area contributed by atoms with Crippen molar-refractivity contribution in [2.75, 3.05) is 7.11 Å². The fraction of sp³-hybridized carbons (Fsp3) is 0.259. The van der Waals surface area contributed by atoms with Crippen molar-refractivity contribution in [2.24, 2.45) is 0 Å². The molecule has 168 valence electrons. The van der Waals surface area contributed by atoms with Gasteiger partial charge in [-0.15, -0.1) is 0 Å². The van der Waals surface area contributed by atoms with Crippen LogP contribution in [0.3, 0.4) is 0 Å². The van der Waals surface area contributed by atoms with Gasteiger partial charge in [-0.1, -0.05) is 30.3 Å². The molecule has 2 aliphatic rings. The fourth-order valence-electron chi connectivity index (χ4n) is 4.87. The summed E-state index contributed by atoms with van der Waals surface area (Å²) in [6, 6.07) is 15.7. The van der Waals surface area contributed by atoms with E-state index in [0.29, 0.717) is 22.6 Å². The first-order chi connectivity index (χ1) is 16.1. The lowest BCUT2D eigenvalue weighted by Gasteiger charge is -2.26. The van der Waals surface area contributed by atoms with Crippen LogP contribution in [0.4, 0.5) is 0 Å². The summed E-state index contributed by atoms with van der Waals surface area (Å²) in [7, 11) is 1.54. The highest BCUT2D eigenvalue weighted by Crippen LogP contribution is 2.43. The third kappa shape index (κ3) is 3.71. The van der Waals surface area contributed by atoms with Crippen molar-refractivity contribution in [3.63, 3.8) is 0 Å². The number of furan rings is 1. The molecule has 33 heavy (non-hydrogen) atoms. The maximum Gasteiger partial charge on any atom is 0.296 e. The summed E-state index contributed by atoms with van der Waals surface area (Å²) < 4.78 is 11.0. The molecular formula is C27H25NO5. The smallest absolute Gasteiger partial charge is 0.296 e. The van der Waals surface area contributed by atoms with Crippen LogP contribution in [-0.4, -0.2) is 28.8 Å². The lowest BCUT2D eigenvalue weighted by Crippen LogP contribution is -2.29. The van der Waals surface area contributed by atoms with Crippen LogP contribution in [0.25, 0.3) is 5.76 Å². The predicted octanol–water partition coefficient (Wildman–Crippen LogP) is 4.79. The number of nitrogens with zero attached hydrogens (tertiary/aromatic N) is 1. The van der Waals surface area contributed by atoms with Gasteiger partial charge in [0.1, 0.15) is 17.3 Å². The molecule has 1 unspecified atom stereocenters. The number of aliphatic hydroxyl groups excluding tert-OH is 1. The second-order valence-corrected chi connectivity index (χ2v) is 8.44. The monoisotopic (exact) mass is 443 g/mol. The highest BCUT2D eigenvalue weighted by molar-refractivity contribution is 6.46. The third-order valence-electron chi connectivity index (χ3n) is 6.50. The summed E-state index contributed by atoms with van der Waals surface area (Å²) in [4.78, 5) is 27.8. The number of aliphatic hydroxyl groups is 1. The number of fused-ring (bicyclic) bond motifs is 1. The van der Waals surface area contributed by atoms with Crippen molar-refractivity contribution < 1.29 is 23.8 Å². The number of benzene rings is 2. The zero-order chi connectivity index (χ0) is 22.9. The molecule has 1 atom stereocenters. The first-order valence-corrected chi connectivity index (χ1v) is 11.1. The topological polar surface area (TPSA) is 80.0 Å². The number of methoxy groups -OCH3 is 1. The molecule has 6 heteroatoms. The lowest BCUT2D eigenvalue weighted by atomic mass is 9.88. The molecule has 0 radical (unpaired) electrons. The Morgan fingerprint density at radius 3 is 2.61 bits per heavy atom. The third-order valence-corrected chi connectivity index (χ3v) is 6.50. The fourth-order valence-corrected chi connectivity index (χ4v) is 4.87. The molecule has 1 aliphatic carbocycles. The predicted molar refractivity (Wildman–Crippen MR) is 123 cm³/mol. The Morgan fingerprint density at radius 1 is 1.06 bits per heavy atom. The number of carbonyl (C=O) groups excluding carboxylic acids is 2. The average molecular weight is 443 g/mol. The lowest BCUT2D eigenvalue weighted by molar-refractivity contribution is -0.140. The van der Waals surface area contributed by atoms with Gasteiger partial charge in [-0.25, -0.2) is 0 Å². The van der Waals surface area contributed by atoms with Gasteiger partial charge in [0.25, 0.3) is 11.7 Å². The molecule has 5 rings (SSSR count). The molecule has 6 nitrogen and oxygen atoms in total. The molecule has 1 aromatic heterocycles. The Labute approximate surface area is 192 Å². The van der Waals surface area contributed by atoms with Crippen LogP contribution >= 0.6 is 0 Å². The summed E-state index contributed by atoms with van der Waals surface area (Å²) >= 11 is 0. The average Bonchev–Trinajstić information content (AvgIpc) is 3.45. The van der Waals surface area contributed by atoms with Crippen molar-refractivity contribution in [1.29, 1.82) is 0 Å². The number of hydrogen-bond acceptors (Lipinski definition) is 5. The zero-order valence-corrected chi connectivity index (χ0v) is 18.4. The minimum atomic E-state index is -0.803. The molecular weight excluding hydrogens is 418 g/mol. The second kappa shape index (κ2) is 8.62. The largest absolute Gasteiger partial charge is 0.507 e. The highest BCUT2D eigenvalue weighted by atomic mass is 16.5. The molecule has 0 saturated carbocycles. The number of rotatable bonds is 5.